The van der Waals surface area contributed by atoms with Crippen molar-refractivity contribution >= 4 is 16.0 Å². The Labute approximate surface area is 83.3 Å². The van der Waals surface area contributed by atoms with Gasteiger partial charge in [0.15, 0.2) is 0 Å². The number of hydrogen-bond donors (Lipinski definition) is 3. The van der Waals surface area contributed by atoms with E-state index in [1.54, 1.807) is 13.1 Å². The highest BCUT2D eigenvalue weighted by molar-refractivity contribution is 7.90. The fraction of sp³-hybridized carbons (Fsp3) is 0.571. The van der Waals surface area contributed by atoms with Gasteiger partial charge in [-0.05, 0) is 13.3 Å². The van der Waals surface area contributed by atoms with Crippen LogP contribution in [0.15, 0.2) is 6.20 Å². The van der Waals surface area contributed by atoms with E-state index in [9.17, 15) is 8.42 Å². The maximum Gasteiger partial charge on any atom is 0.300 e. The van der Waals surface area contributed by atoms with Crippen molar-refractivity contribution in [3.63, 3.8) is 0 Å². The molecule has 0 bridgehead atoms. The minimum atomic E-state index is -3.46. The van der Waals surface area contributed by atoms with Crippen molar-refractivity contribution in [3.8, 4) is 0 Å². The van der Waals surface area contributed by atoms with Crippen LogP contribution in [0.1, 0.15) is 18.9 Å². The molecule has 1 aromatic heterocycles. The van der Waals surface area contributed by atoms with E-state index in [1.807, 2.05) is 6.92 Å². The lowest BCUT2D eigenvalue weighted by Gasteiger charge is -2.06. The standard InChI is InChI=1S/C7H14N4O2S/c1-3-4-9-14(12,13)11-7-6(2)5-8-10-7/h5,9H,3-4H2,1-2H3,(H2,8,10,11). The summed E-state index contributed by atoms with van der Waals surface area (Å²) in [6.45, 7) is 4.08. The van der Waals surface area contributed by atoms with Crippen LogP contribution < -0.4 is 9.44 Å². The molecular weight excluding hydrogens is 204 g/mol. The molecule has 0 saturated carbocycles. The van der Waals surface area contributed by atoms with E-state index in [0.717, 1.165) is 12.0 Å². The SMILES string of the molecule is CCCNS(=O)(=O)Nc1[nH]ncc1C. The molecule has 0 aliphatic rings. The minimum Gasteiger partial charge on any atom is -0.262 e. The Morgan fingerprint density at radius 2 is 2.29 bits per heavy atom. The molecule has 0 aliphatic carbocycles. The highest BCUT2D eigenvalue weighted by Crippen LogP contribution is 2.09. The Morgan fingerprint density at radius 3 is 2.79 bits per heavy atom. The summed E-state index contributed by atoms with van der Waals surface area (Å²) in [6.07, 6.45) is 2.31. The molecule has 0 aliphatic heterocycles. The molecule has 0 radical (unpaired) electrons. The molecular formula is C7H14N4O2S. The van der Waals surface area contributed by atoms with E-state index < -0.39 is 10.2 Å². The molecule has 1 rings (SSSR count). The molecule has 7 heteroatoms. The maximum absolute atomic E-state index is 11.3. The van der Waals surface area contributed by atoms with Crippen LogP contribution >= 0.6 is 0 Å². The van der Waals surface area contributed by atoms with Crippen LogP contribution in [0, 0.1) is 6.92 Å². The second kappa shape index (κ2) is 4.43. The van der Waals surface area contributed by atoms with Gasteiger partial charge in [-0.1, -0.05) is 6.92 Å². The Balaban J connectivity index is 2.64. The summed E-state index contributed by atoms with van der Waals surface area (Å²) in [5.74, 6) is 0.397. The van der Waals surface area contributed by atoms with Gasteiger partial charge in [-0.3, -0.25) is 9.82 Å². The van der Waals surface area contributed by atoms with Crippen molar-refractivity contribution < 1.29 is 8.42 Å². The fourth-order valence-electron chi connectivity index (χ4n) is 0.857. The first-order chi connectivity index (χ1) is 6.55. The van der Waals surface area contributed by atoms with E-state index in [4.69, 9.17) is 0 Å². The molecule has 0 aromatic carbocycles. The molecule has 14 heavy (non-hydrogen) atoms. The largest absolute Gasteiger partial charge is 0.300 e. The van der Waals surface area contributed by atoms with E-state index in [2.05, 4.69) is 19.6 Å². The van der Waals surface area contributed by atoms with Gasteiger partial charge in [-0.2, -0.15) is 18.2 Å². The van der Waals surface area contributed by atoms with E-state index in [-0.39, 0.29) is 0 Å². The Morgan fingerprint density at radius 1 is 1.57 bits per heavy atom. The summed E-state index contributed by atoms with van der Waals surface area (Å²) in [6, 6.07) is 0. The Bertz CT molecular complexity index is 384. The molecule has 0 unspecified atom stereocenters. The van der Waals surface area contributed by atoms with E-state index in [1.165, 1.54) is 0 Å². The second-order valence-corrected chi connectivity index (χ2v) is 4.43. The van der Waals surface area contributed by atoms with Crippen LogP contribution in [0.3, 0.4) is 0 Å². The summed E-state index contributed by atoms with van der Waals surface area (Å²) in [5.41, 5.74) is 0.756. The van der Waals surface area contributed by atoms with Crippen molar-refractivity contribution in [2.75, 3.05) is 11.3 Å². The maximum atomic E-state index is 11.3. The predicted octanol–water partition coefficient (Wildman–Crippen LogP) is 0.374. The van der Waals surface area contributed by atoms with Crippen molar-refractivity contribution in [1.82, 2.24) is 14.9 Å². The van der Waals surface area contributed by atoms with Gasteiger partial charge in [0.2, 0.25) is 0 Å². The van der Waals surface area contributed by atoms with Gasteiger partial charge in [0.1, 0.15) is 5.82 Å². The number of aromatic amines is 1. The molecule has 0 fully saturated rings. The topological polar surface area (TPSA) is 86.9 Å². The van der Waals surface area contributed by atoms with Gasteiger partial charge < -0.3 is 0 Å². The summed E-state index contributed by atoms with van der Waals surface area (Å²) in [5, 5.41) is 6.26. The van der Waals surface area contributed by atoms with Gasteiger partial charge in [-0.25, -0.2) is 0 Å². The first kappa shape index (κ1) is 11.0. The van der Waals surface area contributed by atoms with Gasteiger partial charge in [0.25, 0.3) is 10.2 Å². The van der Waals surface area contributed by atoms with Crippen LogP contribution in [-0.2, 0) is 10.2 Å². The van der Waals surface area contributed by atoms with E-state index >= 15 is 0 Å². The fourth-order valence-corrected chi connectivity index (χ4v) is 1.88. The third kappa shape index (κ3) is 3.00. The lowest BCUT2D eigenvalue weighted by atomic mass is 10.4. The number of aromatic nitrogens is 2. The zero-order valence-electron chi connectivity index (χ0n) is 8.16. The summed E-state index contributed by atoms with van der Waals surface area (Å²) < 4.78 is 27.4. The molecule has 80 valence electrons. The quantitative estimate of drug-likeness (QED) is 0.667. The highest BCUT2D eigenvalue weighted by Gasteiger charge is 2.10. The summed E-state index contributed by atoms with van der Waals surface area (Å²) in [4.78, 5) is 0. The van der Waals surface area contributed by atoms with Crippen molar-refractivity contribution in [3.05, 3.63) is 11.8 Å². The second-order valence-electron chi connectivity index (χ2n) is 2.93. The Hall–Kier alpha value is -1.08. The first-order valence-electron chi connectivity index (χ1n) is 4.32. The van der Waals surface area contributed by atoms with Crippen LogP contribution in [0.5, 0.6) is 0 Å². The lowest BCUT2D eigenvalue weighted by Crippen LogP contribution is -2.31. The molecule has 0 atom stereocenters. The molecule has 1 aromatic rings. The van der Waals surface area contributed by atoms with Crippen LogP contribution in [0.4, 0.5) is 5.82 Å². The molecule has 3 N–H and O–H groups in total. The van der Waals surface area contributed by atoms with Crippen molar-refractivity contribution in [2.24, 2.45) is 0 Å². The third-order valence-corrected chi connectivity index (χ3v) is 2.66. The first-order valence-corrected chi connectivity index (χ1v) is 5.81. The third-order valence-electron chi connectivity index (χ3n) is 1.61. The lowest BCUT2D eigenvalue weighted by molar-refractivity contribution is 0.586. The van der Waals surface area contributed by atoms with Crippen LogP contribution in [0.2, 0.25) is 0 Å². The number of nitrogens with one attached hydrogen (secondary N) is 3. The molecule has 1 heterocycles. The molecule has 6 nitrogen and oxygen atoms in total. The minimum absolute atomic E-state index is 0.397. The number of anilines is 1. The van der Waals surface area contributed by atoms with Gasteiger partial charge in [0, 0.05) is 12.1 Å². The van der Waals surface area contributed by atoms with Gasteiger partial charge in [0.05, 0.1) is 6.20 Å². The average molecular weight is 218 g/mol. The van der Waals surface area contributed by atoms with Gasteiger partial charge in [-0.15, -0.1) is 0 Å². The number of H-pyrrole nitrogens is 1. The van der Waals surface area contributed by atoms with Crippen LogP contribution in [-0.4, -0.2) is 25.2 Å². The van der Waals surface area contributed by atoms with E-state index in [0.29, 0.717) is 12.4 Å². The predicted molar refractivity (Wildman–Crippen MR) is 54.2 cm³/mol. The molecule has 0 spiro atoms. The molecule has 0 saturated heterocycles. The normalized spacial score (nSPS) is 11.6. The summed E-state index contributed by atoms with van der Waals surface area (Å²) >= 11 is 0. The zero-order chi connectivity index (χ0) is 10.6. The number of nitrogens with zero attached hydrogens (tertiary/aromatic N) is 1. The monoisotopic (exact) mass is 218 g/mol. The zero-order valence-corrected chi connectivity index (χ0v) is 8.98. The summed E-state index contributed by atoms with van der Waals surface area (Å²) in [7, 11) is -3.46. The van der Waals surface area contributed by atoms with Gasteiger partial charge >= 0.3 is 0 Å². The number of aryl methyl sites for hydroxylation is 1. The smallest absolute Gasteiger partial charge is 0.262 e. The van der Waals surface area contributed by atoms with Crippen LogP contribution in [0.25, 0.3) is 0 Å². The van der Waals surface area contributed by atoms with Crippen molar-refractivity contribution in [1.29, 1.82) is 0 Å². The molecule has 0 amide bonds. The average Bonchev–Trinajstić information content (AvgIpc) is 2.48. The Kier molecular flexibility index (Phi) is 3.48. The number of hydrogen-bond acceptors (Lipinski definition) is 3. The highest BCUT2D eigenvalue weighted by atomic mass is 32.2. The number of rotatable bonds is 5. The van der Waals surface area contributed by atoms with Crippen molar-refractivity contribution in [2.45, 2.75) is 20.3 Å².